The molecule has 8 aliphatic heterocycles. The van der Waals surface area contributed by atoms with Crippen molar-refractivity contribution in [1.82, 2.24) is 31.9 Å². The number of thiol groups is 1. The van der Waals surface area contributed by atoms with E-state index in [0.717, 1.165) is 16.7 Å². The van der Waals surface area contributed by atoms with E-state index in [1.54, 1.807) is 147 Å². The molecule has 5 aromatic carbocycles. The molecule has 1 unspecified atom stereocenters. The maximum absolute atomic E-state index is 13.2. The Labute approximate surface area is 873 Å². The van der Waals surface area contributed by atoms with Gasteiger partial charge in [0.25, 0.3) is 0 Å². The Hall–Kier alpha value is -9.91. The van der Waals surface area contributed by atoms with Gasteiger partial charge in [-0.25, -0.2) is 28.8 Å². The maximum Gasteiger partial charge on any atom is 1.00 e. The Bertz CT molecular complexity index is 5080. The van der Waals surface area contributed by atoms with Crippen LogP contribution in [0.1, 0.15) is 91.3 Å². The molecule has 0 spiro atoms. The predicted molar refractivity (Wildman–Crippen MR) is 492 cm³/mol. The molecule has 6 amide bonds. The number of hydrogen-bond donors (Lipinski definition) is 15. The van der Waals surface area contributed by atoms with Gasteiger partial charge in [0.05, 0.1) is 84.2 Å². The molecular formula is C94H122FKN12O34S. The minimum absolute atomic E-state index is 0. The van der Waals surface area contributed by atoms with E-state index >= 15 is 0 Å². The van der Waals surface area contributed by atoms with Gasteiger partial charge in [-0.3, -0.25) is 9.18 Å². The average molecular weight is 2060 g/mol. The average Bonchev–Trinajstić information content (AvgIpc) is 1.30. The molecule has 49 heteroatoms. The molecule has 0 radical (unpaired) electrons. The summed E-state index contributed by atoms with van der Waals surface area (Å²) in [6, 6.07) is 39.0. The van der Waals surface area contributed by atoms with Crippen molar-refractivity contribution < 1.29 is 224 Å². The molecule has 14 N–H and O–H groups in total. The number of ether oxygens (including phenoxy) is 19. The van der Waals surface area contributed by atoms with Crippen LogP contribution in [0.4, 0.5) is 33.2 Å². The third-order valence-electron chi connectivity index (χ3n) is 25.0. The van der Waals surface area contributed by atoms with Crippen LogP contribution < -0.4 is 83.3 Å². The summed E-state index contributed by atoms with van der Waals surface area (Å²) < 4.78 is 135. The molecule has 776 valence electrons. The standard InChI is InChI=1S/C49H62N6O17.C43H52N6O17.CH3F.CH4S.K.H/c1-3-34-38(58)39(59)36(54-49(63)66-26-30-17-11-6-12-18-30)45(68-34)71-42-35(23-56)69-46(40(42)60)72-43-37(57)33(53-48(62)65-25-29-15-9-5-10-16-29)21-27(2)41(43)70-44-32(20-19-31(67-44)22-51-55-50)52-47(61)64-24-28-13-7-4-8-14-28;1-21-14-24-15-29(51)62-34(24)37(33(21)63-38-26(13-12-25(59-38)16-46-49-44)47-42(55)57-19-22-8-4-2-5-9-22)65-40-32(53)36(28(18-50)61-40)64-39-30(31(52)35-27(60-39)17-45-41(54)66-35)48-43(56)58-20-23-10-6-3-7-11-23;2*1-2;;/h4-19,27,32-46,56-60H,3,20-26H2,1-2H3,(H,52,61)(H,53,62)(H,54,63);2-12,21,24,26-28,30-40,50,52-53H,13-20H2,1H3,(H,45,54)(H,47,55)(H,48,56);1H3;2H,1H3;;/q;;;;+1;-1/t27-,32+,33+,34?,35+,36+,37-,38+,39+,40+,41+,42+,43+,44+,45+,46-;21-,24-,26+,27-,28+,30+,31+,32+,33+,34-,35+,36+,37-,38+,39+,40-;;;;/m00..../s1/i;;2*1D;;. The smallest absolute Gasteiger partial charge is 1.00 e. The van der Waals surface area contributed by atoms with Crippen LogP contribution in [0, 0.1) is 17.8 Å². The summed E-state index contributed by atoms with van der Waals surface area (Å²) >= 11 is 3.46. The number of nitrogens with zero attached hydrogens (tertiary/aromatic N) is 6. The molecule has 6 saturated heterocycles. The Morgan fingerprint density at radius 3 is 1.24 bits per heavy atom. The fourth-order valence-corrected chi connectivity index (χ4v) is 17.9. The van der Waals surface area contributed by atoms with Crippen molar-refractivity contribution in [2.24, 2.45) is 28.0 Å². The van der Waals surface area contributed by atoms with Crippen LogP contribution in [-0.2, 0) is 128 Å². The molecule has 143 heavy (non-hydrogen) atoms. The van der Waals surface area contributed by atoms with Crippen LogP contribution in [0.3, 0.4) is 0 Å². The Kier molecular flexibility index (Phi) is 43.7. The van der Waals surface area contributed by atoms with E-state index in [1.165, 1.54) is 0 Å². The number of carbonyl (C=O) groups is 7. The van der Waals surface area contributed by atoms with Gasteiger partial charge in [0.15, 0.2) is 31.3 Å². The van der Waals surface area contributed by atoms with Crippen molar-refractivity contribution in [1.29, 1.82) is 0 Å². The number of benzene rings is 5. The van der Waals surface area contributed by atoms with Crippen molar-refractivity contribution in [3.63, 3.8) is 0 Å². The molecular weight excluding hydrogens is 1930 g/mol. The molecule has 8 heterocycles. The molecule has 46 nitrogen and oxygen atoms in total. The first-order valence-electron chi connectivity index (χ1n) is 47.4. The molecule has 8 fully saturated rings. The first kappa shape index (κ1) is 110. The Morgan fingerprint density at radius 1 is 0.469 bits per heavy atom. The van der Waals surface area contributed by atoms with Crippen molar-refractivity contribution in [2.45, 2.75) is 270 Å². The zero-order chi connectivity index (χ0) is 103. The first-order valence-corrected chi connectivity index (χ1v) is 46.6. The van der Waals surface area contributed by atoms with Crippen molar-refractivity contribution in [3.8, 4) is 0 Å². The van der Waals surface area contributed by atoms with E-state index < -0.39 is 247 Å². The Balaban J connectivity index is 0.000000281. The summed E-state index contributed by atoms with van der Waals surface area (Å²) in [6.45, 7) is 3.08. The van der Waals surface area contributed by atoms with Crippen molar-refractivity contribution in [3.05, 3.63) is 224 Å². The van der Waals surface area contributed by atoms with Gasteiger partial charge in [0.2, 0.25) is 12.6 Å². The van der Waals surface area contributed by atoms with Crippen LogP contribution in [0.2, 0.25) is 0 Å². The van der Waals surface area contributed by atoms with Crippen molar-refractivity contribution in [2.75, 3.05) is 46.2 Å². The maximum atomic E-state index is 13.2. The fraction of sp³-hybridized carbons (Fsp3) is 0.564. The summed E-state index contributed by atoms with van der Waals surface area (Å²) in [5.74, 6) is -1.23. The number of rotatable bonds is 34. The number of amides is 6. The van der Waals surface area contributed by atoms with Gasteiger partial charge in [-0.2, -0.15) is 12.6 Å². The number of hydrogen-bond acceptors (Lipinski definition) is 37. The fourth-order valence-electron chi connectivity index (χ4n) is 17.9. The van der Waals surface area contributed by atoms with Gasteiger partial charge < -0.3 is 164 Å². The van der Waals surface area contributed by atoms with Gasteiger partial charge >= 0.3 is 93.9 Å². The number of carbonyl (C=O) groups excluding carboxylic acids is 7. The normalized spacial score (nSPS) is 33.0. The predicted octanol–water partition coefficient (Wildman–Crippen LogP) is 3.47. The molecule has 32 atom stereocenters. The minimum atomic E-state index is -1.77. The second kappa shape index (κ2) is 56.7. The third-order valence-corrected chi connectivity index (χ3v) is 25.0. The number of azide groups is 2. The quantitative estimate of drug-likeness (QED) is 0.00533. The number of alkyl halides is 1. The minimum Gasteiger partial charge on any atom is -1.00 e. The summed E-state index contributed by atoms with van der Waals surface area (Å²) in [5.41, 5.74) is 21.6. The zero-order valence-corrected chi connectivity index (χ0v) is 82.5. The number of alkyl carbamates (subject to hydrolysis) is 6. The molecule has 2 aliphatic carbocycles. The van der Waals surface area contributed by atoms with E-state index in [0.29, 0.717) is 17.5 Å². The molecule has 5 aromatic rings. The van der Waals surface area contributed by atoms with Crippen LogP contribution in [-0.4, -0.2) is 307 Å². The number of aliphatic hydroxyl groups is 8. The number of fused-ring (bicyclic) bond motifs is 2. The summed E-state index contributed by atoms with van der Waals surface area (Å²) in [5, 5.41) is 114. The van der Waals surface area contributed by atoms with Gasteiger partial charge in [0.1, 0.15) is 142 Å². The van der Waals surface area contributed by atoms with Gasteiger partial charge in [-0.1, -0.05) is 183 Å². The van der Waals surface area contributed by atoms with E-state index in [2.05, 4.69) is 64.6 Å². The molecule has 10 aliphatic rings. The first-order chi connectivity index (χ1) is 69.6. The topological polar surface area (TPSA) is 626 Å². The van der Waals surface area contributed by atoms with E-state index in [-0.39, 0.29) is 167 Å². The number of esters is 1. The monoisotopic (exact) mass is 2050 g/mol. The van der Waals surface area contributed by atoms with Crippen LogP contribution in [0.25, 0.3) is 20.9 Å². The zero-order valence-electron chi connectivity index (χ0n) is 81.5. The van der Waals surface area contributed by atoms with E-state index in [1.807, 2.05) is 37.3 Å². The molecule has 0 aromatic heterocycles. The van der Waals surface area contributed by atoms with Crippen molar-refractivity contribution >= 4 is 55.2 Å². The van der Waals surface area contributed by atoms with Gasteiger partial charge in [0, 0.05) is 17.1 Å². The second-order valence-electron chi connectivity index (χ2n) is 34.6. The van der Waals surface area contributed by atoms with E-state index in [9.17, 15) is 78.8 Å². The van der Waals surface area contributed by atoms with Crippen LogP contribution in [0.5, 0.6) is 0 Å². The summed E-state index contributed by atoms with van der Waals surface area (Å²) in [6.07, 6.45) is -33.5. The van der Waals surface area contributed by atoms with Crippen LogP contribution >= 0.6 is 12.6 Å². The van der Waals surface area contributed by atoms with Gasteiger partial charge in [-0.05, 0) is 101 Å². The second-order valence-corrected chi connectivity index (χ2v) is 34.6. The molecule has 2 saturated carbocycles. The number of aliphatic hydroxyl groups excluding tert-OH is 8. The molecule has 15 rings (SSSR count). The number of halogens is 1. The van der Waals surface area contributed by atoms with E-state index in [4.69, 9.17) is 104 Å². The SMILES string of the molecule is CCC1O[C@H](O[C@H]2[C@@H](O)[C@H](O[C@@H]3[C@@H](O)[C@H](NC(=O)OCc4ccccc4)C[C@H](C)[C@H]3O[C@H]3OC(CN=[N+]=[N-])=CC[C@H]3NC(=O)OCc3ccccc3)O[C@@H]2CO)[C@H](NC(=O)OCc2ccccc2)[C@@H](O)[C@@H]1O.C[C@H]1C[C@H]2CC(=O)O[C@@H]2[C@@H](O[C@@H]2O[C@H](CO)[C@@H](O[C@H]3O[C@H]4CNC(=O)O[C@H]4[C@H](O)[C@H]3NC(=O)OCc3ccccc3)[C@H]2O)[C@@H]1O[C@H]1OC(CN=[N+]=[N-])=CC[C@H]1NC(=O)OCc1ccccc1.[2H]CF.[2H]CS.[H-].[K+]. The summed E-state index contributed by atoms with van der Waals surface area (Å²) in [4.78, 5) is 96.2. The summed E-state index contributed by atoms with van der Waals surface area (Å²) in [7, 11) is -1.00. The van der Waals surface area contributed by atoms with Crippen LogP contribution in [0.15, 0.2) is 186 Å². The molecule has 0 bridgehead atoms. The number of nitrogens with one attached hydrogen (secondary N) is 6. The van der Waals surface area contributed by atoms with Gasteiger partial charge in [-0.15, -0.1) is 0 Å². The Morgan fingerprint density at radius 2 is 0.832 bits per heavy atom. The largest absolute Gasteiger partial charge is 1.00 e. The third kappa shape index (κ3) is 31.1.